The molecule has 0 unspecified atom stereocenters. The quantitative estimate of drug-likeness (QED) is 0.811. The Balaban J connectivity index is 2.35. The first-order valence-corrected chi connectivity index (χ1v) is 6.05. The van der Waals surface area contributed by atoms with Crippen molar-refractivity contribution in [2.45, 2.75) is 16.0 Å². The molecule has 0 saturated heterocycles. The molecule has 2 aromatic rings. The number of halogens is 3. The first-order chi connectivity index (χ1) is 8.90. The Bertz CT molecular complexity index is 607. The van der Waals surface area contributed by atoms with Crippen LogP contribution in [0.1, 0.15) is 15.9 Å². The summed E-state index contributed by atoms with van der Waals surface area (Å²) in [4.78, 5) is 11.8. The number of alkyl halides is 3. The molecule has 0 aliphatic carbocycles. The van der Waals surface area contributed by atoms with Crippen LogP contribution in [0.3, 0.4) is 0 Å². The van der Waals surface area contributed by atoms with Gasteiger partial charge < -0.3 is 0 Å². The molecule has 0 aliphatic heterocycles. The first-order valence-electron chi connectivity index (χ1n) is 5.23. The maximum Gasteiger partial charge on any atom is 0.417 e. The van der Waals surface area contributed by atoms with Crippen LogP contribution in [0.2, 0.25) is 0 Å². The van der Waals surface area contributed by atoms with E-state index in [1.54, 1.807) is 24.1 Å². The number of aldehydes is 1. The monoisotopic (exact) mass is 286 g/mol. The van der Waals surface area contributed by atoms with E-state index in [9.17, 15) is 18.0 Å². The van der Waals surface area contributed by atoms with Crippen LogP contribution in [-0.4, -0.2) is 16.1 Å². The van der Waals surface area contributed by atoms with Crippen molar-refractivity contribution in [2.24, 2.45) is 7.05 Å². The fourth-order valence-corrected chi connectivity index (χ4v) is 2.42. The van der Waals surface area contributed by atoms with Crippen LogP contribution in [0.25, 0.3) is 0 Å². The van der Waals surface area contributed by atoms with Crippen molar-refractivity contribution >= 4 is 18.0 Å². The van der Waals surface area contributed by atoms with Gasteiger partial charge in [0.25, 0.3) is 0 Å². The fraction of sp³-hybridized carbons (Fsp3) is 0.167. The lowest BCUT2D eigenvalue weighted by Crippen LogP contribution is -2.08. The third kappa shape index (κ3) is 3.17. The number of carbonyl (C=O) groups excluding carboxylic acids is 1. The van der Waals surface area contributed by atoms with Gasteiger partial charge in [-0.15, -0.1) is 0 Å². The smallest absolute Gasteiger partial charge is 0.298 e. The summed E-state index contributed by atoms with van der Waals surface area (Å²) in [5.74, 6) is 0. The van der Waals surface area contributed by atoms with E-state index >= 15 is 0 Å². The van der Waals surface area contributed by atoms with Crippen molar-refractivity contribution in [2.75, 3.05) is 0 Å². The SMILES string of the molecule is Cn1cc(Sc2ccc(C=O)c(C(F)(F)F)c2)cn1. The first kappa shape index (κ1) is 13.7. The molecule has 0 fully saturated rings. The summed E-state index contributed by atoms with van der Waals surface area (Å²) in [5.41, 5.74) is -1.28. The van der Waals surface area contributed by atoms with Gasteiger partial charge in [-0.3, -0.25) is 9.48 Å². The number of benzene rings is 1. The Morgan fingerprint density at radius 3 is 2.58 bits per heavy atom. The van der Waals surface area contributed by atoms with Gasteiger partial charge in [-0.05, 0) is 18.2 Å². The van der Waals surface area contributed by atoms with Crippen molar-refractivity contribution in [3.8, 4) is 0 Å². The van der Waals surface area contributed by atoms with Crippen molar-refractivity contribution in [3.63, 3.8) is 0 Å². The summed E-state index contributed by atoms with van der Waals surface area (Å²) >= 11 is 1.16. The van der Waals surface area contributed by atoms with Gasteiger partial charge in [0, 0.05) is 23.7 Å². The molecule has 2 rings (SSSR count). The Morgan fingerprint density at radius 2 is 2.05 bits per heavy atom. The maximum atomic E-state index is 12.8. The average molecular weight is 286 g/mol. The highest BCUT2D eigenvalue weighted by molar-refractivity contribution is 7.99. The average Bonchev–Trinajstić information content (AvgIpc) is 2.73. The van der Waals surface area contributed by atoms with Gasteiger partial charge in [0.15, 0.2) is 6.29 Å². The van der Waals surface area contributed by atoms with Crippen LogP contribution in [0, 0.1) is 0 Å². The number of rotatable bonds is 3. The normalized spacial score (nSPS) is 11.6. The lowest BCUT2D eigenvalue weighted by Gasteiger charge is -2.10. The third-order valence-electron chi connectivity index (χ3n) is 2.37. The third-order valence-corrected chi connectivity index (χ3v) is 3.31. The number of hydrogen-bond donors (Lipinski definition) is 0. The van der Waals surface area contributed by atoms with Gasteiger partial charge in [-0.25, -0.2) is 0 Å². The van der Waals surface area contributed by atoms with Crippen LogP contribution in [0.5, 0.6) is 0 Å². The molecule has 0 bridgehead atoms. The van der Waals surface area contributed by atoms with E-state index in [2.05, 4.69) is 5.10 Å². The lowest BCUT2D eigenvalue weighted by molar-refractivity contribution is -0.138. The minimum absolute atomic E-state index is 0.210. The molecule has 0 radical (unpaired) electrons. The van der Waals surface area contributed by atoms with E-state index in [0.29, 0.717) is 4.90 Å². The number of aromatic nitrogens is 2. The Hall–Kier alpha value is -1.76. The molecule has 0 N–H and O–H groups in total. The highest BCUT2D eigenvalue weighted by Gasteiger charge is 2.33. The van der Waals surface area contributed by atoms with E-state index in [1.807, 2.05) is 0 Å². The summed E-state index contributed by atoms with van der Waals surface area (Å²) in [6.07, 6.45) is -1.07. The van der Waals surface area contributed by atoms with Gasteiger partial charge in [0.1, 0.15) is 0 Å². The minimum atomic E-state index is -4.54. The molecule has 3 nitrogen and oxygen atoms in total. The Labute approximate surface area is 111 Å². The van der Waals surface area contributed by atoms with E-state index < -0.39 is 11.7 Å². The van der Waals surface area contributed by atoms with Crippen molar-refractivity contribution < 1.29 is 18.0 Å². The zero-order chi connectivity index (χ0) is 14.0. The number of aryl methyl sites for hydroxylation is 1. The molecule has 1 aromatic heterocycles. The molecule has 1 heterocycles. The molecule has 19 heavy (non-hydrogen) atoms. The predicted molar refractivity (Wildman–Crippen MR) is 64.2 cm³/mol. The zero-order valence-corrected chi connectivity index (χ0v) is 10.6. The van der Waals surface area contributed by atoms with Gasteiger partial charge in [-0.2, -0.15) is 18.3 Å². The van der Waals surface area contributed by atoms with Gasteiger partial charge >= 0.3 is 6.18 Å². The molecule has 100 valence electrons. The molecular weight excluding hydrogens is 277 g/mol. The summed E-state index contributed by atoms with van der Waals surface area (Å²) in [7, 11) is 1.72. The second-order valence-electron chi connectivity index (χ2n) is 3.82. The van der Waals surface area contributed by atoms with E-state index in [4.69, 9.17) is 0 Å². The van der Waals surface area contributed by atoms with Crippen LogP contribution in [0.4, 0.5) is 13.2 Å². The maximum absolute atomic E-state index is 12.8. The lowest BCUT2D eigenvalue weighted by atomic mass is 10.1. The van der Waals surface area contributed by atoms with Crippen molar-refractivity contribution in [3.05, 3.63) is 41.7 Å². The summed E-state index contributed by atoms with van der Waals surface area (Å²) in [6, 6.07) is 3.63. The molecule has 0 atom stereocenters. The molecule has 0 spiro atoms. The molecule has 0 amide bonds. The number of hydrogen-bond acceptors (Lipinski definition) is 3. The highest BCUT2D eigenvalue weighted by Crippen LogP contribution is 2.36. The summed E-state index contributed by atoms with van der Waals surface area (Å²) in [5, 5.41) is 3.94. The van der Waals surface area contributed by atoms with Gasteiger partial charge in [0.05, 0.1) is 16.7 Å². The van der Waals surface area contributed by atoms with Crippen molar-refractivity contribution in [1.29, 1.82) is 0 Å². The molecule has 7 heteroatoms. The summed E-state index contributed by atoms with van der Waals surface area (Å²) < 4.78 is 39.9. The standard InChI is InChI=1S/C12H9F3N2OS/c1-17-6-10(5-16-17)19-9-3-2-8(7-18)11(4-9)12(13,14)15/h2-7H,1H3. The van der Waals surface area contributed by atoms with E-state index in [-0.39, 0.29) is 11.8 Å². The molecule has 0 aliphatic rings. The predicted octanol–water partition coefficient (Wildman–Crippen LogP) is 3.40. The Morgan fingerprint density at radius 1 is 1.32 bits per heavy atom. The minimum Gasteiger partial charge on any atom is -0.298 e. The fourth-order valence-electron chi connectivity index (χ4n) is 1.53. The van der Waals surface area contributed by atoms with Crippen LogP contribution >= 0.6 is 11.8 Å². The molecular formula is C12H9F3N2OS. The van der Waals surface area contributed by atoms with Crippen molar-refractivity contribution in [1.82, 2.24) is 9.78 Å². The topological polar surface area (TPSA) is 34.9 Å². The molecule has 1 aromatic carbocycles. The van der Waals surface area contributed by atoms with Crippen LogP contribution < -0.4 is 0 Å². The highest BCUT2D eigenvalue weighted by atomic mass is 32.2. The van der Waals surface area contributed by atoms with Gasteiger partial charge in [-0.1, -0.05) is 11.8 Å². The van der Waals surface area contributed by atoms with E-state index in [1.165, 1.54) is 12.1 Å². The largest absolute Gasteiger partial charge is 0.417 e. The number of carbonyl (C=O) groups is 1. The molecule has 0 saturated carbocycles. The second-order valence-corrected chi connectivity index (χ2v) is 4.96. The Kier molecular flexibility index (Phi) is 3.66. The van der Waals surface area contributed by atoms with Crippen LogP contribution in [-0.2, 0) is 13.2 Å². The van der Waals surface area contributed by atoms with E-state index in [0.717, 1.165) is 22.7 Å². The second kappa shape index (κ2) is 5.08. The van der Waals surface area contributed by atoms with Crippen LogP contribution in [0.15, 0.2) is 40.4 Å². The summed E-state index contributed by atoms with van der Waals surface area (Å²) in [6.45, 7) is 0. The van der Waals surface area contributed by atoms with Gasteiger partial charge in [0.2, 0.25) is 0 Å². The zero-order valence-electron chi connectivity index (χ0n) is 9.81. The number of nitrogens with zero attached hydrogens (tertiary/aromatic N) is 2.